The van der Waals surface area contributed by atoms with E-state index in [4.69, 9.17) is 9.52 Å². The average Bonchev–Trinajstić information content (AvgIpc) is 2.94. The Labute approximate surface area is 118 Å². The van der Waals surface area contributed by atoms with Gasteiger partial charge in [-0.25, -0.2) is 0 Å². The number of carboxylic acids is 1. The van der Waals surface area contributed by atoms with Gasteiger partial charge in [-0.05, 0) is 30.7 Å². The third kappa shape index (κ3) is 3.48. The first-order chi connectivity index (χ1) is 9.72. The van der Waals surface area contributed by atoms with Crippen LogP contribution in [0.1, 0.15) is 30.7 Å². The van der Waals surface area contributed by atoms with Crippen molar-refractivity contribution in [2.24, 2.45) is 0 Å². The normalized spacial score (nSPS) is 12.5. The summed E-state index contributed by atoms with van der Waals surface area (Å²) in [5, 5.41) is 9.13. The zero-order chi connectivity index (χ0) is 14.4. The number of benzene rings is 1. The molecule has 0 radical (unpaired) electrons. The van der Waals surface area contributed by atoms with Gasteiger partial charge in [-0.3, -0.25) is 9.69 Å². The molecule has 0 aliphatic rings. The van der Waals surface area contributed by atoms with Gasteiger partial charge in [0.1, 0.15) is 5.76 Å². The molecule has 0 spiro atoms. The lowest BCUT2D eigenvalue weighted by molar-refractivity contribution is -0.138. The Bertz CT molecular complexity index is 522. The predicted octanol–water partition coefficient (Wildman–Crippen LogP) is 3.17. The highest BCUT2D eigenvalue weighted by molar-refractivity contribution is 5.69. The molecule has 1 unspecified atom stereocenters. The molecule has 2 aromatic rings. The van der Waals surface area contributed by atoms with Crippen molar-refractivity contribution in [3.8, 4) is 0 Å². The third-order valence-corrected chi connectivity index (χ3v) is 3.14. The van der Waals surface area contributed by atoms with Crippen molar-refractivity contribution < 1.29 is 14.3 Å². The molecule has 0 saturated carbocycles. The average molecular weight is 273 g/mol. The third-order valence-electron chi connectivity index (χ3n) is 3.14. The number of aliphatic carboxylic acids is 1. The van der Waals surface area contributed by atoms with Gasteiger partial charge >= 0.3 is 5.97 Å². The Morgan fingerprint density at radius 2 is 2.00 bits per heavy atom. The maximum atomic E-state index is 11.1. The highest BCUT2D eigenvalue weighted by Gasteiger charge is 2.25. The standard InChI is InChI=1S/C16H19NO3/c1-2-10-17(12-15(18)19)16(14-9-6-11-20-14)13-7-4-3-5-8-13/h3-9,11,16H,2,10,12H2,1H3,(H,18,19). The van der Waals surface area contributed by atoms with Gasteiger partial charge in [0.25, 0.3) is 0 Å². The van der Waals surface area contributed by atoms with Gasteiger partial charge in [0.15, 0.2) is 0 Å². The molecule has 2 rings (SSSR count). The summed E-state index contributed by atoms with van der Waals surface area (Å²) in [6.45, 7) is 2.74. The summed E-state index contributed by atoms with van der Waals surface area (Å²) in [5.41, 5.74) is 1.04. The Morgan fingerprint density at radius 1 is 1.25 bits per heavy atom. The van der Waals surface area contributed by atoms with E-state index in [9.17, 15) is 4.79 Å². The van der Waals surface area contributed by atoms with Gasteiger partial charge in [-0.15, -0.1) is 0 Å². The van der Waals surface area contributed by atoms with Gasteiger partial charge in [0.05, 0.1) is 18.8 Å². The van der Waals surface area contributed by atoms with E-state index in [0.29, 0.717) is 6.54 Å². The zero-order valence-electron chi connectivity index (χ0n) is 11.5. The Balaban J connectivity index is 2.36. The van der Waals surface area contributed by atoms with Crippen molar-refractivity contribution in [3.05, 3.63) is 60.1 Å². The smallest absolute Gasteiger partial charge is 0.317 e. The Kier molecular flexibility index (Phi) is 4.96. The SMILES string of the molecule is CCCN(CC(=O)O)C(c1ccccc1)c1ccco1. The van der Waals surface area contributed by atoms with Crippen LogP contribution in [0.4, 0.5) is 0 Å². The van der Waals surface area contributed by atoms with E-state index in [-0.39, 0.29) is 12.6 Å². The van der Waals surface area contributed by atoms with Crippen molar-refractivity contribution in [2.75, 3.05) is 13.1 Å². The number of furan rings is 1. The summed E-state index contributed by atoms with van der Waals surface area (Å²) in [7, 11) is 0. The van der Waals surface area contributed by atoms with E-state index in [1.54, 1.807) is 6.26 Å². The number of carboxylic acid groups (broad SMARTS) is 1. The molecule has 1 aromatic heterocycles. The molecule has 0 amide bonds. The van der Waals surface area contributed by atoms with Crippen molar-refractivity contribution in [3.63, 3.8) is 0 Å². The van der Waals surface area contributed by atoms with Crippen LogP contribution in [0.5, 0.6) is 0 Å². The first kappa shape index (κ1) is 14.3. The Hall–Kier alpha value is -2.07. The maximum Gasteiger partial charge on any atom is 0.317 e. The van der Waals surface area contributed by atoms with E-state index in [0.717, 1.165) is 17.7 Å². The van der Waals surface area contributed by atoms with Gasteiger partial charge < -0.3 is 9.52 Å². The summed E-state index contributed by atoms with van der Waals surface area (Å²) in [4.78, 5) is 13.0. The minimum Gasteiger partial charge on any atom is -0.480 e. The number of nitrogens with zero attached hydrogens (tertiary/aromatic N) is 1. The number of hydrogen-bond donors (Lipinski definition) is 1. The lowest BCUT2D eigenvalue weighted by Gasteiger charge is -2.29. The van der Waals surface area contributed by atoms with Crippen LogP contribution < -0.4 is 0 Å². The van der Waals surface area contributed by atoms with Crippen LogP contribution in [-0.4, -0.2) is 29.1 Å². The first-order valence-electron chi connectivity index (χ1n) is 6.76. The molecule has 0 aliphatic carbocycles. The second kappa shape index (κ2) is 6.91. The topological polar surface area (TPSA) is 53.7 Å². The zero-order valence-corrected chi connectivity index (χ0v) is 11.5. The molecule has 1 atom stereocenters. The summed E-state index contributed by atoms with van der Waals surface area (Å²) < 4.78 is 5.52. The molecular weight excluding hydrogens is 254 g/mol. The van der Waals surface area contributed by atoms with Crippen molar-refractivity contribution in [1.82, 2.24) is 4.90 Å². The molecule has 1 heterocycles. The molecule has 0 aliphatic heterocycles. The molecule has 0 bridgehead atoms. The van der Waals surface area contributed by atoms with E-state index in [1.807, 2.05) is 54.3 Å². The second-order valence-electron chi connectivity index (χ2n) is 4.69. The van der Waals surface area contributed by atoms with E-state index < -0.39 is 5.97 Å². The van der Waals surface area contributed by atoms with Crippen molar-refractivity contribution in [2.45, 2.75) is 19.4 Å². The monoisotopic (exact) mass is 273 g/mol. The number of hydrogen-bond acceptors (Lipinski definition) is 3. The van der Waals surface area contributed by atoms with E-state index in [1.165, 1.54) is 0 Å². The second-order valence-corrected chi connectivity index (χ2v) is 4.69. The minimum absolute atomic E-state index is 0.00585. The molecular formula is C16H19NO3. The van der Waals surface area contributed by atoms with Crippen LogP contribution in [0.25, 0.3) is 0 Å². The maximum absolute atomic E-state index is 11.1. The molecule has 4 heteroatoms. The molecule has 20 heavy (non-hydrogen) atoms. The van der Waals surface area contributed by atoms with E-state index >= 15 is 0 Å². The summed E-state index contributed by atoms with van der Waals surface area (Å²) in [5.74, 6) is -0.0585. The van der Waals surface area contributed by atoms with Crippen molar-refractivity contribution in [1.29, 1.82) is 0 Å². The van der Waals surface area contributed by atoms with Crippen LogP contribution in [0.2, 0.25) is 0 Å². The van der Waals surface area contributed by atoms with Gasteiger partial charge in [-0.1, -0.05) is 37.3 Å². The van der Waals surface area contributed by atoms with Gasteiger partial charge in [0.2, 0.25) is 0 Å². The van der Waals surface area contributed by atoms with Crippen LogP contribution in [0.3, 0.4) is 0 Å². The van der Waals surface area contributed by atoms with Gasteiger partial charge in [0, 0.05) is 0 Å². The fourth-order valence-electron chi connectivity index (χ4n) is 2.40. The fourth-order valence-corrected chi connectivity index (χ4v) is 2.40. The number of carbonyl (C=O) groups is 1. The van der Waals surface area contributed by atoms with Crippen molar-refractivity contribution >= 4 is 5.97 Å². The van der Waals surface area contributed by atoms with Gasteiger partial charge in [-0.2, -0.15) is 0 Å². The fraction of sp³-hybridized carbons (Fsp3) is 0.312. The quantitative estimate of drug-likeness (QED) is 0.842. The molecule has 0 fully saturated rings. The van der Waals surface area contributed by atoms with Crippen LogP contribution >= 0.6 is 0 Å². The first-order valence-corrected chi connectivity index (χ1v) is 6.76. The molecule has 0 saturated heterocycles. The highest BCUT2D eigenvalue weighted by atomic mass is 16.4. The van der Waals surface area contributed by atoms with Crippen LogP contribution in [-0.2, 0) is 4.79 Å². The largest absolute Gasteiger partial charge is 0.480 e. The van der Waals surface area contributed by atoms with E-state index in [2.05, 4.69) is 0 Å². The molecule has 1 aromatic carbocycles. The molecule has 4 nitrogen and oxygen atoms in total. The van der Waals surface area contributed by atoms with Crippen LogP contribution in [0.15, 0.2) is 53.1 Å². The molecule has 1 N–H and O–H groups in total. The summed E-state index contributed by atoms with van der Waals surface area (Å²) in [6, 6.07) is 13.4. The Morgan fingerprint density at radius 3 is 2.55 bits per heavy atom. The number of rotatable bonds is 7. The highest BCUT2D eigenvalue weighted by Crippen LogP contribution is 2.28. The lowest BCUT2D eigenvalue weighted by atomic mass is 10.0. The summed E-state index contributed by atoms with van der Waals surface area (Å²) >= 11 is 0. The predicted molar refractivity (Wildman–Crippen MR) is 76.5 cm³/mol. The van der Waals surface area contributed by atoms with Crippen LogP contribution in [0, 0.1) is 0 Å². The minimum atomic E-state index is -0.828. The molecule has 106 valence electrons. The lowest BCUT2D eigenvalue weighted by Crippen LogP contribution is -2.34. The summed E-state index contributed by atoms with van der Waals surface area (Å²) in [6.07, 6.45) is 2.51.